The van der Waals surface area contributed by atoms with Gasteiger partial charge in [-0.25, -0.2) is 8.42 Å². The van der Waals surface area contributed by atoms with Crippen molar-refractivity contribution in [2.45, 2.75) is 10.1 Å². The van der Waals surface area contributed by atoms with Gasteiger partial charge in [0.25, 0.3) is 10.0 Å². The van der Waals surface area contributed by atoms with Crippen LogP contribution in [0.25, 0.3) is 0 Å². The summed E-state index contributed by atoms with van der Waals surface area (Å²) in [7, 11) is -3.40. The van der Waals surface area contributed by atoms with Gasteiger partial charge in [0.05, 0.1) is 11.4 Å². The van der Waals surface area contributed by atoms with Crippen molar-refractivity contribution in [2.24, 2.45) is 4.99 Å². The van der Waals surface area contributed by atoms with Crippen molar-refractivity contribution in [1.82, 2.24) is 4.72 Å². The third-order valence-corrected chi connectivity index (χ3v) is 7.23. The van der Waals surface area contributed by atoms with Crippen LogP contribution < -0.4 is 4.72 Å². The van der Waals surface area contributed by atoms with E-state index in [1.807, 2.05) is 29.6 Å². The lowest BCUT2D eigenvalue weighted by Gasteiger charge is -2.18. The smallest absolute Gasteiger partial charge is 0.263 e. The minimum Gasteiger partial charge on any atom is -0.266 e. The Morgan fingerprint density at radius 3 is 2.95 bits per heavy atom. The maximum Gasteiger partial charge on any atom is 0.263 e. The number of hydrogen-bond donors (Lipinski definition) is 1. The first-order valence-electron chi connectivity index (χ1n) is 6.03. The predicted molar refractivity (Wildman–Crippen MR) is 81.7 cm³/mol. The zero-order valence-electron chi connectivity index (χ0n) is 10.2. The number of rotatable bonds is 2. The van der Waals surface area contributed by atoms with E-state index in [4.69, 9.17) is 0 Å². The summed E-state index contributed by atoms with van der Waals surface area (Å²) in [6.07, 6.45) is 0. The van der Waals surface area contributed by atoms with E-state index >= 15 is 0 Å². The van der Waals surface area contributed by atoms with Gasteiger partial charge in [-0.3, -0.25) is 9.71 Å². The summed E-state index contributed by atoms with van der Waals surface area (Å²) in [5.74, 6) is 3.94. The summed E-state index contributed by atoms with van der Waals surface area (Å²) in [6, 6.07) is 6.98. The fourth-order valence-corrected chi connectivity index (χ4v) is 5.92. The second-order valence-electron chi connectivity index (χ2n) is 4.36. The van der Waals surface area contributed by atoms with Crippen LogP contribution in [0.4, 0.5) is 0 Å². The molecule has 0 aliphatic carbocycles. The molecule has 0 amide bonds. The molecule has 7 heteroatoms. The number of amidine groups is 1. The van der Waals surface area contributed by atoms with E-state index < -0.39 is 10.0 Å². The Labute approximate surface area is 121 Å². The van der Waals surface area contributed by atoms with Gasteiger partial charge >= 0.3 is 0 Å². The largest absolute Gasteiger partial charge is 0.266 e. The maximum absolute atomic E-state index is 11.9. The Bertz CT molecular complexity index is 607. The highest BCUT2D eigenvalue weighted by Crippen LogP contribution is 2.26. The van der Waals surface area contributed by atoms with Gasteiger partial charge in [-0.1, -0.05) is 12.1 Å². The van der Waals surface area contributed by atoms with Gasteiger partial charge in [-0.05, 0) is 12.1 Å². The summed E-state index contributed by atoms with van der Waals surface area (Å²) in [6.45, 7) is 0.670. The van der Waals surface area contributed by atoms with Crippen molar-refractivity contribution < 1.29 is 8.42 Å². The standard InChI is InChI=1S/C12H14N2O2S3/c15-19(16)11-4-2-1-3-10(11)12(14-19)13-7-9-8-17-5-6-18-9/h1-4,9H,5-8H2,(H,13,14). The fourth-order valence-electron chi connectivity index (χ4n) is 2.09. The highest BCUT2D eigenvalue weighted by Gasteiger charge is 2.30. The van der Waals surface area contributed by atoms with Crippen LogP contribution in [-0.4, -0.2) is 43.3 Å². The van der Waals surface area contributed by atoms with Crippen LogP contribution in [0.15, 0.2) is 34.2 Å². The number of nitrogens with one attached hydrogen (secondary N) is 1. The van der Waals surface area contributed by atoms with E-state index in [2.05, 4.69) is 9.71 Å². The lowest BCUT2D eigenvalue weighted by molar-refractivity contribution is 0.595. The van der Waals surface area contributed by atoms with E-state index in [9.17, 15) is 8.42 Å². The van der Waals surface area contributed by atoms with Gasteiger partial charge in [-0.15, -0.1) is 0 Å². The molecule has 0 aromatic heterocycles. The topological polar surface area (TPSA) is 58.5 Å². The van der Waals surface area contributed by atoms with Crippen molar-refractivity contribution >= 4 is 39.4 Å². The van der Waals surface area contributed by atoms with Crippen LogP contribution >= 0.6 is 23.5 Å². The summed E-state index contributed by atoms with van der Waals surface area (Å²) in [5.41, 5.74) is 0.691. The first-order valence-corrected chi connectivity index (χ1v) is 9.71. The minimum absolute atomic E-state index is 0.333. The number of benzene rings is 1. The summed E-state index contributed by atoms with van der Waals surface area (Å²) < 4.78 is 26.4. The zero-order chi connectivity index (χ0) is 13.3. The molecule has 0 saturated carbocycles. The number of fused-ring (bicyclic) bond motifs is 1. The molecule has 2 aliphatic heterocycles. The molecule has 1 saturated heterocycles. The molecule has 19 heavy (non-hydrogen) atoms. The molecule has 1 unspecified atom stereocenters. The quantitative estimate of drug-likeness (QED) is 0.900. The monoisotopic (exact) mass is 314 g/mol. The van der Waals surface area contributed by atoms with Crippen LogP contribution in [0.1, 0.15) is 5.56 Å². The molecule has 4 nitrogen and oxygen atoms in total. The highest BCUT2D eigenvalue weighted by atomic mass is 32.2. The molecule has 3 rings (SSSR count). The van der Waals surface area contributed by atoms with E-state index in [0.29, 0.717) is 28.1 Å². The van der Waals surface area contributed by atoms with E-state index in [0.717, 1.165) is 11.5 Å². The number of nitrogens with zero attached hydrogens (tertiary/aromatic N) is 1. The molecule has 2 heterocycles. The molecule has 1 N–H and O–H groups in total. The molecule has 0 radical (unpaired) electrons. The third kappa shape index (κ3) is 2.78. The van der Waals surface area contributed by atoms with E-state index in [-0.39, 0.29) is 0 Å². The Hall–Kier alpha value is -0.660. The van der Waals surface area contributed by atoms with Gasteiger partial charge in [0.15, 0.2) is 0 Å². The molecule has 1 aromatic carbocycles. The van der Waals surface area contributed by atoms with E-state index in [1.165, 1.54) is 5.75 Å². The zero-order valence-corrected chi connectivity index (χ0v) is 12.7. The summed E-state index contributed by atoms with van der Waals surface area (Å²) in [4.78, 5) is 4.81. The maximum atomic E-state index is 11.9. The second kappa shape index (κ2) is 5.38. The molecule has 1 fully saturated rings. The van der Waals surface area contributed by atoms with Crippen molar-refractivity contribution in [3.05, 3.63) is 29.8 Å². The number of hydrogen-bond acceptors (Lipinski definition) is 5. The third-order valence-electron chi connectivity index (χ3n) is 3.00. The van der Waals surface area contributed by atoms with Gasteiger partial charge in [0.1, 0.15) is 5.84 Å². The summed E-state index contributed by atoms with van der Waals surface area (Å²) >= 11 is 3.86. The Balaban J connectivity index is 1.83. The van der Waals surface area contributed by atoms with E-state index in [1.54, 1.807) is 18.2 Å². The Kier molecular flexibility index (Phi) is 3.77. The van der Waals surface area contributed by atoms with Crippen LogP contribution in [0.2, 0.25) is 0 Å². The highest BCUT2D eigenvalue weighted by molar-refractivity contribution is 8.06. The number of sulfonamides is 1. The first-order chi connectivity index (χ1) is 9.17. The van der Waals surface area contributed by atoms with Crippen molar-refractivity contribution in [2.75, 3.05) is 23.8 Å². The summed E-state index contributed by atoms with van der Waals surface area (Å²) in [5, 5.41) is 0.489. The molecular formula is C12H14N2O2S3. The SMILES string of the molecule is O=S1(=O)NC(=NCC2CSCCS2)c2ccccc21. The van der Waals surface area contributed by atoms with Crippen LogP contribution in [-0.2, 0) is 10.0 Å². The van der Waals surface area contributed by atoms with Gasteiger partial charge in [0, 0.05) is 28.1 Å². The van der Waals surface area contributed by atoms with Crippen LogP contribution in [0.3, 0.4) is 0 Å². The first kappa shape index (κ1) is 13.3. The number of aliphatic imine (C=N–C) groups is 1. The van der Waals surface area contributed by atoms with Gasteiger partial charge < -0.3 is 0 Å². The van der Waals surface area contributed by atoms with Gasteiger partial charge in [-0.2, -0.15) is 23.5 Å². The lowest BCUT2D eigenvalue weighted by Crippen LogP contribution is -2.24. The average molecular weight is 314 g/mol. The lowest BCUT2D eigenvalue weighted by atomic mass is 10.2. The second-order valence-corrected chi connectivity index (χ2v) is 8.57. The van der Waals surface area contributed by atoms with Crippen molar-refractivity contribution in [1.29, 1.82) is 0 Å². The fraction of sp³-hybridized carbons (Fsp3) is 0.417. The molecule has 1 aromatic rings. The van der Waals surface area contributed by atoms with Crippen LogP contribution in [0.5, 0.6) is 0 Å². The molecule has 0 spiro atoms. The molecule has 2 aliphatic rings. The molecule has 102 valence electrons. The average Bonchev–Trinajstić information content (AvgIpc) is 2.70. The predicted octanol–water partition coefficient (Wildman–Crippen LogP) is 1.57. The normalized spacial score (nSPS) is 26.9. The molecule has 1 atom stereocenters. The van der Waals surface area contributed by atoms with Crippen LogP contribution in [0, 0.1) is 0 Å². The van der Waals surface area contributed by atoms with Gasteiger partial charge in [0.2, 0.25) is 0 Å². The molecular weight excluding hydrogens is 300 g/mol. The Morgan fingerprint density at radius 2 is 2.16 bits per heavy atom. The minimum atomic E-state index is -3.40. The number of thioether (sulfide) groups is 2. The Morgan fingerprint density at radius 1 is 1.32 bits per heavy atom. The molecule has 0 bridgehead atoms. The van der Waals surface area contributed by atoms with Crippen molar-refractivity contribution in [3.8, 4) is 0 Å². The van der Waals surface area contributed by atoms with Crippen molar-refractivity contribution in [3.63, 3.8) is 0 Å².